The fourth-order valence-electron chi connectivity index (χ4n) is 4.01. The molecule has 7 nitrogen and oxygen atoms in total. The normalized spacial score (nSPS) is 15.1. The van der Waals surface area contributed by atoms with Crippen LogP contribution < -0.4 is 10.9 Å². The smallest absolute Gasteiger partial charge is 0.265 e. The van der Waals surface area contributed by atoms with Crippen LogP contribution in [0.1, 0.15) is 23.6 Å². The average Bonchev–Trinajstić information content (AvgIpc) is 3.39. The molecule has 1 aliphatic rings. The first kappa shape index (κ1) is 20.5. The Balaban J connectivity index is 1.34. The number of carbonyl (C=O) groups excluding carboxylic acids is 1. The van der Waals surface area contributed by atoms with E-state index in [1.165, 1.54) is 17.3 Å². The van der Waals surface area contributed by atoms with Crippen molar-refractivity contribution < 1.29 is 4.79 Å². The Morgan fingerprint density at radius 3 is 2.84 bits per heavy atom. The van der Waals surface area contributed by atoms with Crippen LogP contribution >= 0.6 is 11.8 Å². The lowest BCUT2D eigenvalue weighted by atomic mass is 10.1. The van der Waals surface area contributed by atoms with E-state index in [1.54, 1.807) is 15.4 Å². The quantitative estimate of drug-likeness (QED) is 0.461. The number of benzene rings is 2. The molecule has 1 atom stereocenters. The number of amides is 1. The summed E-state index contributed by atoms with van der Waals surface area (Å²) in [5.41, 5.74) is 3.57. The maximum atomic E-state index is 13.2. The van der Waals surface area contributed by atoms with Crippen LogP contribution in [0.25, 0.3) is 16.7 Å². The van der Waals surface area contributed by atoms with Gasteiger partial charge in [-0.2, -0.15) is 5.10 Å². The summed E-state index contributed by atoms with van der Waals surface area (Å²) in [6.07, 6.45) is 2.61. The van der Waals surface area contributed by atoms with Gasteiger partial charge in [-0.3, -0.25) is 14.2 Å². The number of nitrogens with one attached hydrogen (secondary N) is 1. The Morgan fingerprint density at radius 1 is 1.19 bits per heavy atom. The first-order valence-electron chi connectivity index (χ1n) is 10.6. The molecule has 1 N–H and O–H groups in total. The molecule has 162 valence electrons. The molecule has 2 aromatic carbocycles. The third-order valence-electron chi connectivity index (χ3n) is 5.62. The number of fused-ring (bicyclic) bond motifs is 2. The third kappa shape index (κ3) is 3.93. The van der Waals surface area contributed by atoms with E-state index < -0.39 is 0 Å². The van der Waals surface area contributed by atoms with E-state index in [0.717, 1.165) is 17.7 Å². The van der Waals surface area contributed by atoms with Crippen LogP contribution in [-0.2, 0) is 11.2 Å². The maximum absolute atomic E-state index is 13.2. The van der Waals surface area contributed by atoms with Crippen molar-refractivity contribution >= 4 is 28.7 Å². The molecule has 0 radical (unpaired) electrons. The van der Waals surface area contributed by atoms with Crippen LogP contribution in [0.4, 0.5) is 0 Å². The SMILES string of the molecule is Cc1cccc(-n2ncc3c(=O)n4c(nc32)SC[C@@H]4CC(=O)NCCc2ccccc2)c1. The summed E-state index contributed by atoms with van der Waals surface area (Å²) in [7, 11) is 0. The van der Waals surface area contributed by atoms with E-state index in [0.29, 0.717) is 28.5 Å². The molecule has 2 aromatic heterocycles. The summed E-state index contributed by atoms with van der Waals surface area (Å²) >= 11 is 1.51. The van der Waals surface area contributed by atoms with Crippen molar-refractivity contribution in [2.45, 2.75) is 31.0 Å². The average molecular weight is 446 g/mol. The van der Waals surface area contributed by atoms with Crippen LogP contribution in [0.2, 0.25) is 0 Å². The maximum Gasteiger partial charge on any atom is 0.265 e. The number of hydrogen-bond donors (Lipinski definition) is 1. The predicted molar refractivity (Wildman–Crippen MR) is 125 cm³/mol. The number of hydrogen-bond acceptors (Lipinski definition) is 5. The van der Waals surface area contributed by atoms with E-state index in [2.05, 4.69) is 10.4 Å². The summed E-state index contributed by atoms with van der Waals surface area (Å²) in [5, 5.41) is 8.49. The highest BCUT2D eigenvalue weighted by Gasteiger charge is 2.29. The highest BCUT2D eigenvalue weighted by Crippen LogP contribution is 2.33. The Kier molecular flexibility index (Phi) is 5.53. The van der Waals surface area contributed by atoms with Gasteiger partial charge in [-0.1, -0.05) is 54.2 Å². The van der Waals surface area contributed by atoms with Gasteiger partial charge >= 0.3 is 0 Å². The van der Waals surface area contributed by atoms with Gasteiger partial charge in [-0.15, -0.1) is 0 Å². The van der Waals surface area contributed by atoms with Gasteiger partial charge in [-0.05, 0) is 36.6 Å². The van der Waals surface area contributed by atoms with E-state index >= 15 is 0 Å². The summed E-state index contributed by atoms with van der Waals surface area (Å²) in [6.45, 7) is 2.59. The topological polar surface area (TPSA) is 81.8 Å². The Hall–Kier alpha value is -3.39. The van der Waals surface area contributed by atoms with Crippen molar-refractivity contribution in [3.8, 4) is 5.69 Å². The number of aryl methyl sites for hydroxylation is 1. The molecule has 1 aliphatic heterocycles. The lowest BCUT2D eigenvalue weighted by Crippen LogP contribution is -2.31. The Labute approximate surface area is 189 Å². The molecule has 0 fully saturated rings. The summed E-state index contributed by atoms with van der Waals surface area (Å²) in [4.78, 5) is 30.5. The van der Waals surface area contributed by atoms with Gasteiger partial charge in [0, 0.05) is 18.7 Å². The third-order valence-corrected chi connectivity index (χ3v) is 6.71. The van der Waals surface area contributed by atoms with Crippen molar-refractivity contribution in [3.05, 3.63) is 82.3 Å². The molecule has 0 aliphatic carbocycles. The molecule has 32 heavy (non-hydrogen) atoms. The highest BCUT2D eigenvalue weighted by atomic mass is 32.2. The van der Waals surface area contributed by atoms with Gasteiger partial charge < -0.3 is 5.32 Å². The van der Waals surface area contributed by atoms with Crippen LogP contribution in [-0.4, -0.2) is 37.5 Å². The first-order valence-corrected chi connectivity index (χ1v) is 11.6. The Morgan fingerprint density at radius 2 is 2.03 bits per heavy atom. The second-order valence-corrected chi connectivity index (χ2v) is 8.94. The molecule has 0 saturated heterocycles. The number of thioether (sulfide) groups is 1. The van der Waals surface area contributed by atoms with Crippen molar-refractivity contribution in [1.29, 1.82) is 0 Å². The second kappa shape index (κ2) is 8.63. The van der Waals surface area contributed by atoms with Crippen molar-refractivity contribution in [2.75, 3.05) is 12.3 Å². The van der Waals surface area contributed by atoms with Gasteiger partial charge in [0.1, 0.15) is 5.39 Å². The highest BCUT2D eigenvalue weighted by molar-refractivity contribution is 7.99. The molecular formula is C24H23N5O2S. The first-order chi connectivity index (χ1) is 15.6. The summed E-state index contributed by atoms with van der Waals surface area (Å²) < 4.78 is 3.36. The lowest BCUT2D eigenvalue weighted by Gasteiger charge is -2.13. The van der Waals surface area contributed by atoms with Gasteiger partial charge in [0.25, 0.3) is 5.56 Å². The molecule has 0 saturated carbocycles. The monoisotopic (exact) mass is 445 g/mol. The second-order valence-electron chi connectivity index (χ2n) is 7.96. The minimum absolute atomic E-state index is 0.0539. The van der Waals surface area contributed by atoms with Gasteiger partial charge in [-0.25, -0.2) is 9.67 Å². The zero-order valence-corrected chi connectivity index (χ0v) is 18.5. The molecule has 1 amide bonds. The number of rotatable bonds is 6. The molecule has 8 heteroatoms. The predicted octanol–water partition coefficient (Wildman–Crippen LogP) is 3.29. The summed E-state index contributed by atoms with van der Waals surface area (Å²) in [5.74, 6) is 0.598. The molecule has 0 unspecified atom stereocenters. The van der Waals surface area contributed by atoms with E-state index in [-0.39, 0.29) is 23.9 Å². The minimum atomic E-state index is -0.210. The van der Waals surface area contributed by atoms with Gasteiger partial charge in [0.05, 0.1) is 17.9 Å². The zero-order chi connectivity index (χ0) is 22.1. The molecular weight excluding hydrogens is 422 g/mol. The minimum Gasteiger partial charge on any atom is -0.356 e. The molecule has 0 spiro atoms. The summed E-state index contributed by atoms with van der Waals surface area (Å²) in [6, 6.07) is 17.8. The lowest BCUT2D eigenvalue weighted by molar-refractivity contribution is -0.121. The molecule has 5 rings (SSSR count). The standard InChI is InChI=1S/C24H23N5O2S/c1-16-6-5-9-18(12-16)29-22-20(14-26-29)23(31)28-19(15-32-24(28)27-22)13-21(30)25-11-10-17-7-3-2-4-8-17/h2-9,12,14,19H,10-11,13,15H2,1H3,(H,25,30)/t19-/m0/s1. The van der Waals surface area contributed by atoms with Gasteiger partial charge in [0.2, 0.25) is 5.91 Å². The van der Waals surface area contributed by atoms with E-state index in [4.69, 9.17) is 4.98 Å². The molecule has 0 bridgehead atoms. The number of aromatic nitrogens is 4. The van der Waals surface area contributed by atoms with Crippen LogP contribution in [0, 0.1) is 6.92 Å². The van der Waals surface area contributed by atoms with Crippen molar-refractivity contribution in [2.24, 2.45) is 0 Å². The molecule has 3 heterocycles. The van der Waals surface area contributed by atoms with Gasteiger partial charge in [0.15, 0.2) is 10.8 Å². The van der Waals surface area contributed by atoms with Crippen molar-refractivity contribution in [3.63, 3.8) is 0 Å². The van der Waals surface area contributed by atoms with Crippen LogP contribution in [0.3, 0.4) is 0 Å². The number of carbonyl (C=O) groups is 1. The van der Waals surface area contributed by atoms with E-state index in [1.807, 2.05) is 61.5 Å². The fourth-order valence-corrected chi connectivity index (χ4v) is 5.14. The Bertz CT molecular complexity index is 1350. The fraction of sp³-hybridized carbons (Fsp3) is 0.250. The van der Waals surface area contributed by atoms with Crippen molar-refractivity contribution in [1.82, 2.24) is 24.6 Å². The number of nitrogens with zero attached hydrogens (tertiary/aromatic N) is 4. The van der Waals surface area contributed by atoms with Crippen LogP contribution in [0.5, 0.6) is 0 Å². The zero-order valence-electron chi connectivity index (χ0n) is 17.7. The molecule has 4 aromatic rings. The van der Waals surface area contributed by atoms with E-state index in [9.17, 15) is 9.59 Å². The van der Waals surface area contributed by atoms with Crippen LogP contribution in [0.15, 0.2) is 70.7 Å². The largest absolute Gasteiger partial charge is 0.356 e.